The zero-order chi connectivity index (χ0) is 12.9. The largest absolute Gasteiger partial charge is 0.375 e. The molecule has 1 aliphatic heterocycles. The molecule has 0 aromatic carbocycles. The van der Waals surface area contributed by atoms with Gasteiger partial charge in [-0.15, -0.1) is 0 Å². The molecule has 100 valence electrons. The minimum Gasteiger partial charge on any atom is -0.375 e. The Morgan fingerprint density at radius 1 is 1.47 bits per heavy atom. The van der Waals surface area contributed by atoms with E-state index in [0.717, 1.165) is 26.1 Å². The molecule has 0 aromatic heterocycles. The summed E-state index contributed by atoms with van der Waals surface area (Å²) in [7, 11) is 0. The van der Waals surface area contributed by atoms with Crippen LogP contribution in [0.1, 0.15) is 40.5 Å². The van der Waals surface area contributed by atoms with Gasteiger partial charge < -0.3 is 15.0 Å². The van der Waals surface area contributed by atoms with Crippen LogP contribution in [-0.2, 0) is 9.53 Å². The highest BCUT2D eigenvalue weighted by molar-refractivity contribution is 5.76. The number of rotatable bonds is 4. The van der Waals surface area contributed by atoms with Crippen molar-refractivity contribution in [3.8, 4) is 0 Å². The molecule has 0 aromatic rings. The SMILES string of the molecule is CCC1CN(C(=O)CCNC(C)(C)C)CCO1. The summed E-state index contributed by atoms with van der Waals surface area (Å²) in [6.07, 6.45) is 1.78. The van der Waals surface area contributed by atoms with E-state index in [4.69, 9.17) is 4.74 Å². The molecular weight excluding hydrogens is 216 g/mol. The van der Waals surface area contributed by atoms with Crippen molar-refractivity contribution >= 4 is 5.91 Å². The quantitative estimate of drug-likeness (QED) is 0.810. The number of hydrogen-bond donors (Lipinski definition) is 1. The van der Waals surface area contributed by atoms with Crippen molar-refractivity contribution in [3.63, 3.8) is 0 Å². The van der Waals surface area contributed by atoms with E-state index in [1.807, 2.05) is 4.90 Å². The van der Waals surface area contributed by atoms with Crippen LogP contribution in [0.4, 0.5) is 0 Å². The van der Waals surface area contributed by atoms with Gasteiger partial charge in [0.25, 0.3) is 0 Å². The third-order valence-electron chi connectivity index (χ3n) is 2.94. The summed E-state index contributed by atoms with van der Waals surface area (Å²) in [5, 5.41) is 3.34. The smallest absolute Gasteiger partial charge is 0.224 e. The lowest BCUT2D eigenvalue weighted by molar-refractivity contribution is -0.138. The second-order valence-corrected chi connectivity index (χ2v) is 5.67. The van der Waals surface area contributed by atoms with Crippen LogP contribution in [0.25, 0.3) is 0 Å². The fourth-order valence-electron chi connectivity index (χ4n) is 1.90. The Morgan fingerprint density at radius 2 is 2.18 bits per heavy atom. The molecule has 1 rings (SSSR count). The molecule has 4 nitrogen and oxygen atoms in total. The average molecular weight is 242 g/mol. The average Bonchev–Trinajstić information content (AvgIpc) is 2.27. The summed E-state index contributed by atoms with van der Waals surface area (Å²) < 4.78 is 5.56. The fourth-order valence-corrected chi connectivity index (χ4v) is 1.90. The number of ether oxygens (including phenoxy) is 1. The summed E-state index contributed by atoms with van der Waals surface area (Å²) in [4.78, 5) is 13.9. The Hall–Kier alpha value is -0.610. The van der Waals surface area contributed by atoms with E-state index in [0.29, 0.717) is 13.0 Å². The summed E-state index contributed by atoms with van der Waals surface area (Å²) in [5.74, 6) is 0.239. The van der Waals surface area contributed by atoms with Crippen molar-refractivity contribution < 1.29 is 9.53 Å². The number of carbonyl (C=O) groups excluding carboxylic acids is 1. The molecule has 1 unspecified atom stereocenters. The van der Waals surface area contributed by atoms with Gasteiger partial charge in [-0.1, -0.05) is 6.92 Å². The molecule has 1 aliphatic rings. The van der Waals surface area contributed by atoms with E-state index in [9.17, 15) is 4.79 Å². The number of nitrogens with zero attached hydrogens (tertiary/aromatic N) is 1. The number of amides is 1. The Bertz CT molecular complexity index is 248. The molecule has 1 fully saturated rings. The van der Waals surface area contributed by atoms with E-state index < -0.39 is 0 Å². The van der Waals surface area contributed by atoms with E-state index >= 15 is 0 Å². The number of carbonyl (C=O) groups is 1. The number of hydrogen-bond acceptors (Lipinski definition) is 3. The summed E-state index contributed by atoms with van der Waals surface area (Å²) in [6, 6.07) is 0. The molecule has 17 heavy (non-hydrogen) atoms. The van der Waals surface area contributed by atoms with Crippen LogP contribution in [0.15, 0.2) is 0 Å². The summed E-state index contributed by atoms with van der Waals surface area (Å²) in [5.41, 5.74) is 0.0806. The molecule has 1 atom stereocenters. The van der Waals surface area contributed by atoms with Crippen molar-refractivity contribution in [2.45, 2.75) is 52.2 Å². The first-order chi connectivity index (χ1) is 7.92. The van der Waals surface area contributed by atoms with Crippen molar-refractivity contribution in [1.29, 1.82) is 0 Å². The topological polar surface area (TPSA) is 41.6 Å². The fraction of sp³-hybridized carbons (Fsp3) is 0.923. The maximum atomic E-state index is 12.0. The highest BCUT2D eigenvalue weighted by Gasteiger charge is 2.22. The number of nitrogens with one attached hydrogen (secondary N) is 1. The predicted octanol–water partition coefficient (Wildman–Crippen LogP) is 1.40. The second-order valence-electron chi connectivity index (χ2n) is 5.67. The van der Waals surface area contributed by atoms with Crippen molar-refractivity contribution in [2.75, 3.05) is 26.2 Å². The minimum atomic E-state index is 0.0806. The maximum absolute atomic E-state index is 12.0. The van der Waals surface area contributed by atoms with Crippen molar-refractivity contribution in [1.82, 2.24) is 10.2 Å². The highest BCUT2D eigenvalue weighted by Crippen LogP contribution is 2.09. The Morgan fingerprint density at radius 3 is 2.76 bits per heavy atom. The zero-order valence-corrected chi connectivity index (χ0v) is 11.6. The zero-order valence-electron chi connectivity index (χ0n) is 11.6. The van der Waals surface area contributed by atoms with Crippen molar-refractivity contribution in [2.24, 2.45) is 0 Å². The van der Waals surface area contributed by atoms with Crippen LogP contribution >= 0.6 is 0 Å². The standard InChI is InChI=1S/C13H26N2O2/c1-5-11-10-15(8-9-17-11)12(16)6-7-14-13(2,3)4/h11,14H,5-10H2,1-4H3. The van der Waals surface area contributed by atoms with Gasteiger partial charge in [-0.2, -0.15) is 0 Å². The molecule has 1 N–H and O–H groups in total. The van der Waals surface area contributed by atoms with Gasteiger partial charge in [0.05, 0.1) is 12.7 Å². The molecule has 0 aliphatic carbocycles. The van der Waals surface area contributed by atoms with Crippen LogP contribution in [0.3, 0.4) is 0 Å². The van der Waals surface area contributed by atoms with Gasteiger partial charge in [0.1, 0.15) is 0 Å². The van der Waals surface area contributed by atoms with Gasteiger partial charge in [-0.05, 0) is 27.2 Å². The lowest BCUT2D eigenvalue weighted by atomic mass is 10.1. The molecular formula is C13H26N2O2. The molecule has 0 saturated carbocycles. The van der Waals surface area contributed by atoms with E-state index in [1.54, 1.807) is 0 Å². The van der Waals surface area contributed by atoms with Gasteiger partial charge in [0, 0.05) is 31.6 Å². The summed E-state index contributed by atoms with van der Waals surface area (Å²) >= 11 is 0. The second kappa shape index (κ2) is 6.36. The van der Waals surface area contributed by atoms with Crippen LogP contribution in [0.2, 0.25) is 0 Å². The van der Waals surface area contributed by atoms with Gasteiger partial charge in [0.2, 0.25) is 5.91 Å². The molecule has 1 heterocycles. The van der Waals surface area contributed by atoms with Gasteiger partial charge in [-0.25, -0.2) is 0 Å². The van der Waals surface area contributed by atoms with E-state index in [2.05, 4.69) is 33.0 Å². The predicted molar refractivity (Wildman–Crippen MR) is 69.0 cm³/mol. The van der Waals surface area contributed by atoms with Crippen molar-refractivity contribution in [3.05, 3.63) is 0 Å². The van der Waals surface area contributed by atoms with Crippen LogP contribution in [0, 0.1) is 0 Å². The lowest BCUT2D eigenvalue weighted by Gasteiger charge is -2.33. The highest BCUT2D eigenvalue weighted by atomic mass is 16.5. The minimum absolute atomic E-state index is 0.0806. The molecule has 1 saturated heterocycles. The number of morpholine rings is 1. The third kappa shape index (κ3) is 5.50. The summed E-state index contributed by atoms with van der Waals surface area (Å²) in [6.45, 7) is 11.3. The first-order valence-corrected chi connectivity index (χ1v) is 6.57. The molecule has 0 radical (unpaired) electrons. The molecule has 1 amide bonds. The van der Waals surface area contributed by atoms with Gasteiger partial charge in [-0.3, -0.25) is 4.79 Å². The van der Waals surface area contributed by atoms with Crippen LogP contribution < -0.4 is 5.32 Å². The first kappa shape index (κ1) is 14.5. The van der Waals surface area contributed by atoms with E-state index in [1.165, 1.54) is 0 Å². The van der Waals surface area contributed by atoms with Gasteiger partial charge in [0.15, 0.2) is 0 Å². The Balaban J connectivity index is 2.27. The van der Waals surface area contributed by atoms with Crippen LogP contribution in [-0.4, -0.2) is 48.7 Å². The maximum Gasteiger partial charge on any atom is 0.224 e. The van der Waals surface area contributed by atoms with E-state index in [-0.39, 0.29) is 17.6 Å². The normalized spacial score (nSPS) is 21.6. The first-order valence-electron chi connectivity index (χ1n) is 6.57. The monoisotopic (exact) mass is 242 g/mol. The Kier molecular flexibility index (Phi) is 5.40. The lowest BCUT2D eigenvalue weighted by Crippen LogP contribution is -2.46. The molecule has 0 bridgehead atoms. The Labute approximate surface area is 105 Å². The van der Waals surface area contributed by atoms with Crippen LogP contribution in [0.5, 0.6) is 0 Å². The molecule has 4 heteroatoms. The third-order valence-corrected chi connectivity index (χ3v) is 2.94. The molecule has 0 spiro atoms. The van der Waals surface area contributed by atoms with Gasteiger partial charge >= 0.3 is 0 Å².